The lowest BCUT2D eigenvalue weighted by atomic mass is 10.2. The number of carbonyl (C=O) groups is 1. The van der Waals surface area contributed by atoms with Gasteiger partial charge in [-0.25, -0.2) is 9.48 Å². The lowest BCUT2D eigenvalue weighted by molar-refractivity contribution is 0.0697. The number of ether oxygens (including phenoxy) is 1. The van der Waals surface area contributed by atoms with Crippen molar-refractivity contribution >= 4 is 5.97 Å². The normalized spacial score (nSPS) is 10.1. The molecule has 1 N–H and O–H groups in total. The SMILES string of the molecule is COc1ccc(C(=O)O)cc1-n1ccnn1. The van der Waals surface area contributed by atoms with Gasteiger partial charge in [0, 0.05) is 0 Å². The van der Waals surface area contributed by atoms with Gasteiger partial charge in [0.25, 0.3) is 0 Å². The predicted octanol–water partition coefficient (Wildman–Crippen LogP) is 0.974. The Morgan fingerprint density at radius 3 is 2.88 bits per heavy atom. The summed E-state index contributed by atoms with van der Waals surface area (Å²) in [7, 11) is 1.51. The van der Waals surface area contributed by atoms with E-state index in [1.807, 2.05) is 0 Å². The van der Waals surface area contributed by atoms with E-state index in [0.717, 1.165) is 0 Å². The van der Waals surface area contributed by atoms with Crippen molar-refractivity contribution < 1.29 is 14.6 Å². The molecule has 0 unspecified atom stereocenters. The highest BCUT2D eigenvalue weighted by Crippen LogP contribution is 2.23. The molecule has 0 saturated carbocycles. The van der Waals surface area contributed by atoms with Crippen molar-refractivity contribution in [3.63, 3.8) is 0 Å². The maximum Gasteiger partial charge on any atom is 0.335 e. The molecule has 0 bridgehead atoms. The second-order valence-electron chi connectivity index (χ2n) is 3.04. The van der Waals surface area contributed by atoms with Gasteiger partial charge in [0.05, 0.1) is 25.1 Å². The quantitative estimate of drug-likeness (QED) is 0.832. The van der Waals surface area contributed by atoms with Crippen LogP contribution >= 0.6 is 0 Å². The van der Waals surface area contributed by atoms with Crippen LogP contribution in [-0.2, 0) is 0 Å². The summed E-state index contributed by atoms with van der Waals surface area (Å²) >= 11 is 0. The standard InChI is InChI=1S/C10H9N3O3/c1-16-9-3-2-7(10(14)15)6-8(9)13-5-4-11-12-13/h2-6H,1H3,(H,14,15). The maximum atomic E-state index is 10.8. The van der Waals surface area contributed by atoms with Crippen LogP contribution in [0.15, 0.2) is 30.6 Å². The molecule has 1 aromatic heterocycles. The first-order chi connectivity index (χ1) is 7.72. The second-order valence-corrected chi connectivity index (χ2v) is 3.04. The zero-order valence-corrected chi connectivity index (χ0v) is 8.49. The van der Waals surface area contributed by atoms with Crippen LogP contribution in [-0.4, -0.2) is 33.2 Å². The third-order valence-corrected chi connectivity index (χ3v) is 2.10. The number of aromatic nitrogens is 3. The van der Waals surface area contributed by atoms with Gasteiger partial charge in [-0.3, -0.25) is 0 Å². The minimum absolute atomic E-state index is 0.173. The van der Waals surface area contributed by atoms with Crippen molar-refractivity contribution in [3.8, 4) is 11.4 Å². The van der Waals surface area contributed by atoms with Crippen LogP contribution in [0.4, 0.5) is 0 Å². The third-order valence-electron chi connectivity index (χ3n) is 2.10. The van der Waals surface area contributed by atoms with Crippen LogP contribution < -0.4 is 4.74 Å². The van der Waals surface area contributed by atoms with Gasteiger partial charge in [-0.2, -0.15) is 0 Å². The highest BCUT2D eigenvalue weighted by Gasteiger charge is 2.10. The molecule has 16 heavy (non-hydrogen) atoms. The van der Waals surface area contributed by atoms with Gasteiger partial charge in [0.2, 0.25) is 0 Å². The third kappa shape index (κ3) is 1.72. The van der Waals surface area contributed by atoms with Gasteiger partial charge in [-0.1, -0.05) is 5.21 Å². The Bertz CT molecular complexity index is 508. The number of methoxy groups -OCH3 is 1. The van der Waals surface area contributed by atoms with Gasteiger partial charge in [-0.05, 0) is 18.2 Å². The first-order valence-electron chi connectivity index (χ1n) is 4.50. The van der Waals surface area contributed by atoms with Crippen LogP contribution in [0.3, 0.4) is 0 Å². The summed E-state index contributed by atoms with van der Waals surface area (Å²) in [5.41, 5.74) is 0.714. The fourth-order valence-corrected chi connectivity index (χ4v) is 1.34. The molecule has 0 fully saturated rings. The van der Waals surface area contributed by atoms with Crippen molar-refractivity contribution in [3.05, 3.63) is 36.2 Å². The summed E-state index contributed by atoms with van der Waals surface area (Å²) in [6, 6.07) is 4.54. The molecular weight excluding hydrogens is 210 g/mol. The largest absolute Gasteiger partial charge is 0.494 e. The molecule has 0 amide bonds. The van der Waals surface area contributed by atoms with E-state index in [4.69, 9.17) is 9.84 Å². The molecule has 0 radical (unpaired) electrons. The van der Waals surface area contributed by atoms with Crippen molar-refractivity contribution in [2.24, 2.45) is 0 Å². The fourth-order valence-electron chi connectivity index (χ4n) is 1.34. The van der Waals surface area contributed by atoms with E-state index in [9.17, 15) is 4.79 Å². The van der Waals surface area contributed by atoms with E-state index in [2.05, 4.69) is 10.3 Å². The average molecular weight is 219 g/mol. The van der Waals surface area contributed by atoms with E-state index in [-0.39, 0.29) is 5.56 Å². The number of carboxylic acid groups (broad SMARTS) is 1. The topological polar surface area (TPSA) is 77.2 Å². The number of benzene rings is 1. The van der Waals surface area contributed by atoms with Crippen molar-refractivity contribution in [1.29, 1.82) is 0 Å². The Morgan fingerprint density at radius 1 is 1.50 bits per heavy atom. The molecule has 0 aliphatic heterocycles. The van der Waals surface area contributed by atoms with Crippen LogP contribution in [0.5, 0.6) is 5.75 Å². The Hall–Kier alpha value is -2.37. The van der Waals surface area contributed by atoms with Gasteiger partial charge in [-0.15, -0.1) is 5.10 Å². The highest BCUT2D eigenvalue weighted by molar-refractivity contribution is 5.88. The predicted molar refractivity (Wildman–Crippen MR) is 54.9 cm³/mol. The summed E-state index contributed by atoms with van der Waals surface area (Å²) in [6.07, 6.45) is 3.12. The molecule has 0 atom stereocenters. The molecular formula is C10H9N3O3. The molecule has 82 valence electrons. The molecule has 6 heteroatoms. The summed E-state index contributed by atoms with van der Waals surface area (Å²) in [5, 5.41) is 16.3. The number of nitrogens with zero attached hydrogens (tertiary/aromatic N) is 3. The molecule has 1 aromatic carbocycles. The van der Waals surface area contributed by atoms with E-state index < -0.39 is 5.97 Å². The maximum absolute atomic E-state index is 10.8. The van der Waals surface area contributed by atoms with Crippen molar-refractivity contribution in [2.75, 3.05) is 7.11 Å². The monoisotopic (exact) mass is 219 g/mol. The first-order valence-corrected chi connectivity index (χ1v) is 4.50. The van der Waals surface area contributed by atoms with Crippen LogP contribution in [0, 0.1) is 0 Å². The summed E-state index contributed by atoms with van der Waals surface area (Å²) in [5.74, 6) is -0.459. The average Bonchev–Trinajstić information content (AvgIpc) is 2.81. The minimum atomic E-state index is -0.996. The molecule has 0 aliphatic rings. The number of carboxylic acids is 1. The molecule has 0 aliphatic carbocycles. The zero-order valence-electron chi connectivity index (χ0n) is 8.49. The van der Waals surface area contributed by atoms with Gasteiger partial charge < -0.3 is 9.84 Å². The van der Waals surface area contributed by atoms with Crippen LogP contribution in [0.25, 0.3) is 5.69 Å². The number of hydrogen-bond donors (Lipinski definition) is 1. The minimum Gasteiger partial charge on any atom is -0.494 e. The smallest absolute Gasteiger partial charge is 0.335 e. The number of hydrogen-bond acceptors (Lipinski definition) is 4. The second kappa shape index (κ2) is 4.01. The fraction of sp³-hybridized carbons (Fsp3) is 0.100. The van der Waals surface area contributed by atoms with E-state index >= 15 is 0 Å². The highest BCUT2D eigenvalue weighted by atomic mass is 16.5. The Morgan fingerprint density at radius 2 is 2.31 bits per heavy atom. The molecule has 1 heterocycles. The van der Waals surface area contributed by atoms with Gasteiger partial charge in [0.15, 0.2) is 0 Å². The lowest BCUT2D eigenvalue weighted by Gasteiger charge is -2.08. The Kier molecular flexibility index (Phi) is 2.55. The van der Waals surface area contributed by atoms with E-state index in [0.29, 0.717) is 11.4 Å². The van der Waals surface area contributed by atoms with E-state index in [1.165, 1.54) is 30.1 Å². The summed E-state index contributed by atoms with van der Waals surface area (Å²) in [4.78, 5) is 10.8. The van der Waals surface area contributed by atoms with Gasteiger partial charge >= 0.3 is 5.97 Å². The molecule has 2 rings (SSSR count). The van der Waals surface area contributed by atoms with Gasteiger partial charge in [0.1, 0.15) is 11.4 Å². The van der Waals surface area contributed by atoms with E-state index in [1.54, 1.807) is 12.3 Å². The summed E-state index contributed by atoms with van der Waals surface area (Å²) in [6.45, 7) is 0. The Labute approximate surface area is 91.1 Å². The van der Waals surface area contributed by atoms with Crippen LogP contribution in [0.2, 0.25) is 0 Å². The zero-order chi connectivity index (χ0) is 11.5. The Balaban J connectivity index is 2.56. The molecule has 0 spiro atoms. The lowest BCUT2D eigenvalue weighted by Crippen LogP contribution is -2.03. The molecule has 6 nitrogen and oxygen atoms in total. The first kappa shape index (κ1) is 10.2. The summed E-state index contributed by atoms with van der Waals surface area (Å²) < 4.78 is 6.57. The number of aromatic carboxylic acids is 1. The van der Waals surface area contributed by atoms with Crippen LogP contribution in [0.1, 0.15) is 10.4 Å². The van der Waals surface area contributed by atoms with Crippen molar-refractivity contribution in [1.82, 2.24) is 15.0 Å². The molecule has 2 aromatic rings. The van der Waals surface area contributed by atoms with Crippen molar-refractivity contribution in [2.45, 2.75) is 0 Å². The molecule has 0 saturated heterocycles. The number of rotatable bonds is 3.